The van der Waals surface area contributed by atoms with E-state index in [1.54, 1.807) is 4.57 Å². The molecule has 0 bridgehead atoms. The number of nitrogens with one attached hydrogen (secondary N) is 1. The van der Waals surface area contributed by atoms with Gasteiger partial charge in [-0.3, -0.25) is 14.9 Å². The van der Waals surface area contributed by atoms with Gasteiger partial charge < -0.3 is 9.88 Å². The largest absolute Gasteiger partial charge is 0.343 e. The van der Waals surface area contributed by atoms with E-state index in [1.165, 1.54) is 12.4 Å². The zero-order valence-corrected chi connectivity index (χ0v) is 13.4. The molecule has 0 fully saturated rings. The number of rotatable bonds is 5. The summed E-state index contributed by atoms with van der Waals surface area (Å²) in [4.78, 5) is 21.7. The molecule has 0 atom stereocenters. The first kappa shape index (κ1) is 16.6. The van der Waals surface area contributed by atoms with Crippen molar-refractivity contribution in [2.75, 3.05) is 6.54 Å². The van der Waals surface area contributed by atoms with Crippen molar-refractivity contribution in [1.82, 2.24) is 9.88 Å². The van der Waals surface area contributed by atoms with E-state index in [2.05, 4.69) is 27.8 Å². The van der Waals surface area contributed by atoms with E-state index < -0.39 is 16.0 Å². The monoisotopic (exact) mass is 343 g/mol. The SMILES string of the molecule is C=C(CNC(C)(C)C)Cn1cc(Br)c(=O)c([N+](=O)[O-])c1. The highest BCUT2D eigenvalue weighted by Gasteiger charge is 2.16. The summed E-state index contributed by atoms with van der Waals surface area (Å²) in [5.74, 6) is 0. The van der Waals surface area contributed by atoms with Crippen LogP contribution in [0.5, 0.6) is 0 Å². The van der Waals surface area contributed by atoms with Crippen LogP contribution in [0, 0.1) is 10.1 Å². The predicted molar refractivity (Wildman–Crippen MR) is 82.0 cm³/mol. The van der Waals surface area contributed by atoms with Crippen LogP contribution in [0.2, 0.25) is 0 Å². The van der Waals surface area contributed by atoms with Crippen LogP contribution >= 0.6 is 15.9 Å². The minimum Gasteiger partial charge on any atom is -0.343 e. The number of aromatic nitrogens is 1. The minimum atomic E-state index is -0.681. The minimum absolute atomic E-state index is 0.0287. The Labute approximate surface area is 125 Å². The predicted octanol–water partition coefficient (Wildman–Crippen LogP) is 2.46. The molecule has 1 N–H and O–H groups in total. The van der Waals surface area contributed by atoms with E-state index in [4.69, 9.17) is 0 Å². The number of nitro groups is 1. The molecule has 0 aliphatic rings. The van der Waals surface area contributed by atoms with E-state index in [0.717, 1.165) is 5.57 Å². The summed E-state index contributed by atoms with van der Waals surface area (Å²) in [5, 5.41) is 14.1. The number of halogens is 1. The van der Waals surface area contributed by atoms with Crippen molar-refractivity contribution in [2.24, 2.45) is 0 Å². The van der Waals surface area contributed by atoms with Crippen molar-refractivity contribution in [3.63, 3.8) is 0 Å². The molecular weight excluding hydrogens is 326 g/mol. The van der Waals surface area contributed by atoms with Crippen LogP contribution in [0.3, 0.4) is 0 Å². The van der Waals surface area contributed by atoms with Crippen LogP contribution < -0.4 is 10.7 Å². The molecular formula is C13H18BrN3O3. The Bertz CT molecular complexity index is 588. The number of nitrogens with zero attached hydrogens (tertiary/aromatic N) is 2. The normalized spacial score (nSPS) is 11.4. The van der Waals surface area contributed by atoms with Crippen molar-refractivity contribution in [3.8, 4) is 0 Å². The van der Waals surface area contributed by atoms with Crippen molar-refractivity contribution in [2.45, 2.75) is 32.9 Å². The lowest BCUT2D eigenvalue weighted by atomic mass is 10.1. The van der Waals surface area contributed by atoms with Crippen molar-refractivity contribution >= 4 is 21.6 Å². The first-order chi connectivity index (χ1) is 9.10. The third kappa shape index (κ3) is 4.90. The molecule has 0 aliphatic carbocycles. The third-order valence-electron chi connectivity index (χ3n) is 2.49. The van der Waals surface area contributed by atoms with E-state index in [-0.39, 0.29) is 10.0 Å². The van der Waals surface area contributed by atoms with Gasteiger partial charge in [0, 0.05) is 24.8 Å². The van der Waals surface area contributed by atoms with Crippen LogP contribution in [0.4, 0.5) is 5.69 Å². The number of hydrogen-bond acceptors (Lipinski definition) is 4. The average molecular weight is 344 g/mol. The van der Waals surface area contributed by atoms with Crippen molar-refractivity contribution < 1.29 is 4.92 Å². The van der Waals surface area contributed by atoms with Gasteiger partial charge in [0.15, 0.2) is 0 Å². The summed E-state index contributed by atoms with van der Waals surface area (Å²) in [5.41, 5.74) is -0.232. The van der Waals surface area contributed by atoms with E-state index in [0.29, 0.717) is 13.1 Å². The fraction of sp³-hybridized carbons (Fsp3) is 0.462. The molecule has 0 amide bonds. The summed E-state index contributed by atoms with van der Waals surface area (Å²) in [6, 6.07) is 0. The summed E-state index contributed by atoms with van der Waals surface area (Å²) in [7, 11) is 0. The van der Waals surface area contributed by atoms with Crippen LogP contribution in [-0.2, 0) is 6.54 Å². The van der Waals surface area contributed by atoms with Crippen LogP contribution in [0.25, 0.3) is 0 Å². The van der Waals surface area contributed by atoms with Gasteiger partial charge in [-0.25, -0.2) is 0 Å². The van der Waals surface area contributed by atoms with Gasteiger partial charge in [0.25, 0.3) is 5.43 Å². The fourth-order valence-corrected chi connectivity index (χ4v) is 1.97. The first-order valence-electron chi connectivity index (χ1n) is 6.06. The van der Waals surface area contributed by atoms with Crippen LogP contribution in [0.1, 0.15) is 20.8 Å². The van der Waals surface area contributed by atoms with Crippen molar-refractivity contribution in [3.05, 3.63) is 49.4 Å². The molecule has 20 heavy (non-hydrogen) atoms. The average Bonchev–Trinajstić information content (AvgIpc) is 2.29. The van der Waals surface area contributed by atoms with Gasteiger partial charge in [-0.05, 0) is 42.3 Å². The Morgan fingerprint density at radius 1 is 1.50 bits per heavy atom. The molecule has 0 saturated carbocycles. The number of hydrogen-bond donors (Lipinski definition) is 1. The highest BCUT2D eigenvalue weighted by atomic mass is 79.9. The number of pyridine rings is 1. The maximum absolute atomic E-state index is 11.6. The van der Waals surface area contributed by atoms with Crippen LogP contribution in [-0.4, -0.2) is 21.6 Å². The Morgan fingerprint density at radius 3 is 2.60 bits per heavy atom. The zero-order chi connectivity index (χ0) is 15.5. The van der Waals surface area contributed by atoms with E-state index in [9.17, 15) is 14.9 Å². The lowest BCUT2D eigenvalue weighted by molar-refractivity contribution is -0.386. The van der Waals surface area contributed by atoms with Gasteiger partial charge in [-0.1, -0.05) is 6.58 Å². The summed E-state index contributed by atoms with van der Waals surface area (Å²) >= 11 is 3.04. The molecule has 1 heterocycles. The molecule has 1 aromatic rings. The second-order valence-corrected chi connectivity index (χ2v) is 6.46. The first-order valence-corrected chi connectivity index (χ1v) is 6.85. The lowest BCUT2D eigenvalue weighted by Crippen LogP contribution is -2.37. The lowest BCUT2D eigenvalue weighted by Gasteiger charge is -2.21. The topological polar surface area (TPSA) is 77.2 Å². The summed E-state index contributed by atoms with van der Waals surface area (Å²) in [6.07, 6.45) is 2.76. The van der Waals surface area contributed by atoms with E-state index in [1.807, 2.05) is 20.8 Å². The van der Waals surface area contributed by atoms with E-state index >= 15 is 0 Å². The molecule has 1 rings (SSSR count). The molecule has 0 saturated heterocycles. The van der Waals surface area contributed by atoms with Gasteiger partial charge in [0.05, 0.1) is 15.6 Å². The Hall–Kier alpha value is -1.47. The second kappa shape index (κ2) is 6.32. The Morgan fingerprint density at radius 2 is 2.10 bits per heavy atom. The van der Waals surface area contributed by atoms with Gasteiger partial charge in [-0.2, -0.15) is 0 Å². The maximum atomic E-state index is 11.6. The van der Waals surface area contributed by atoms with Gasteiger partial charge >= 0.3 is 5.69 Å². The fourth-order valence-electron chi connectivity index (χ4n) is 1.51. The third-order valence-corrected chi connectivity index (χ3v) is 3.05. The van der Waals surface area contributed by atoms with Crippen LogP contribution in [0.15, 0.2) is 33.8 Å². The Balaban J connectivity index is 2.86. The molecule has 110 valence electrons. The molecule has 0 aromatic carbocycles. The standard InChI is InChI=1S/C13H18BrN3O3/c1-9(5-15-13(2,3)4)6-16-7-10(14)12(18)11(8-16)17(19)20/h7-8,15H,1,5-6H2,2-4H3. The molecule has 6 nitrogen and oxygen atoms in total. The molecule has 0 radical (unpaired) electrons. The highest BCUT2D eigenvalue weighted by molar-refractivity contribution is 9.10. The van der Waals surface area contributed by atoms with Crippen molar-refractivity contribution in [1.29, 1.82) is 0 Å². The Kier molecular flexibility index (Phi) is 5.24. The zero-order valence-electron chi connectivity index (χ0n) is 11.8. The molecule has 1 aromatic heterocycles. The summed E-state index contributed by atoms with van der Waals surface area (Å²) in [6.45, 7) is 11.1. The molecule has 7 heteroatoms. The molecule has 0 spiro atoms. The smallest absolute Gasteiger partial charge is 0.333 e. The van der Waals surface area contributed by atoms with Gasteiger partial charge in [-0.15, -0.1) is 0 Å². The quantitative estimate of drug-likeness (QED) is 0.506. The highest BCUT2D eigenvalue weighted by Crippen LogP contribution is 2.12. The van der Waals surface area contributed by atoms with Gasteiger partial charge in [0.2, 0.25) is 0 Å². The summed E-state index contributed by atoms with van der Waals surface area (Å²) < 4.78 is 1.75. The molecule has 0 unspecified atom stereocenters. The maximum Gasteiger partial charge on any atom is 0.333 e. The molecule has 0 aliphatic heterocycles. The van der Waals surface area contributed by atoms with Gasteiger partial charge in [0.1, 0.15) is 0 Å². The second-order valence-electron chi connectivity index (χ2n) is 5.60.